The molecule has 8 aromatic rings. The van der Waals surface area contributed by atoms with Crippen molar-refractivity contribution < 1.29 is 47.6 Å². The van der Waals surface area contributed by atoms with Crippen LogP contribution in [0.3, 0.4) is 0 Å². The van der Waals surface area contributed by atoms with Crippen molar-refractivity contribution in [3.63, 3.8) is 0 Å². The number of ketones is 4. The third kappa shape index (κ3) is 14.7. The maximum absolute atomic E-state index is 13.6. The van der Waals surface area contributed by atoms with Gasteiger partial charge in [-0.25, -0.2) is 8.78 Å². The number of ether oxygens (including phenoxy) is 2. The Kier molecular flexibility index (Phi) is 19.5. The highest BCUT2D eigenvalue weighted by Crippen LogP contribution is 2.39. The van der Waals surface area contributed by atoms with Gasteiger partial charge in [0, 0.05) is 56.8 Å². The van der Waals surface area contributed by atoms with Gasteiger partial charge in [-0.3, -0.25) is 19.2 Å². The van der Waals surface area contributed by atoms with Gasteiger partial charge in [0.25, 0.3) is 0 Å². The van der Waals surface area contributed by atoms with Crippen molar-refractivity contribution in [1.29, 1.82) is 0 Å². The summed E-state index contributed by atoms with van der Waals surface area (Å²) in [6.07, 6.45) is 6.54. The number of benzene rings is 8. The average molecular weight is 1100 g/mol. The van der Waals surface area contributed by atoms with E-state index in [2.05, 4.69) is 52.0 Å². The average Bonchev–Trinajstić information content (AvgIpc) is 3.71. The van der Waals surface area contributed by atoms with Crippen LogP contribution in [0.4, 0.5) is 8.78 Å². The number of methoxy groups -OCH3 is 1. The van der Waals surface area contributed by atoms with E-state index in [0.29, 0.717) is 40.8 Å². The lowest BCUT2D eigenvalue weighted by Gasteiger charge is -2.29. The van der Waals surface area contributed by atoms with E-state index in [-0.39, 0.29) is 57.3 Å². The van der Waals surface area contributed by atoms with Gasteiger partial charge in [0.15, 0.2) is 23.1 Å². The number of halogens is 2. The predicted octanol–water partition coefficient (Wildman–Crippen LogP) is 17.3. The molecule has 0 amide bonds. The van der Waals surface area contributed by atoms with Crippen LogP contribution in [0.5, 0.6) is 28.7 Å². The van der Waals surface area contributed by atoms with E-state index in [1.54, 1.807) is 31.4 Å². The molecule has 2 aliphatic rings. The van der Waals surface area contributed by atoms with Crippen molar-refractivity contribution >= 4 is 23.1 Å². The summed E-state index contributed by atoms with van der Waals surface area (Å²) in [7, 11) is 1.67. The fourth-order valence-electron chi connectivity index (χ4n) is 11.2. The number of carbonyl (C=O) groups is 4. The molecule has 10 rings (SSSR count). The molecule has 2 N–H and O–H groups in total. The molecule has 0 saturated heterocycles. The molecule has 0 unspecified atom stereocenters. The summed E-state index contributed by atoms with van der Waals surface area (Å²) in [5.74, 6) is 0.543. The number of aromatic hydroxyl groups is 2. The normalized spacial score (nSPS) is 16.9. The molecule has 8 aromatic carbocycles. The molecule has 0 bridgehead atoms. The topological polar surface area (TPSA) is 127 Å². The second kappa shape index (κ2) is 26.8. The number of phenolic OH excluding ortho intramolecular Hbond substituents is 2. The van der Waals surface area contributed by atoms with Gasteiger partial charge in [-0.1, -0.05) is 132 Å². The largest absolute Gasteiger partial charge is 0.508 e. The van der Waals surface area contributed by atoms with Crippen molar-refractivity contribution in [2.75, 3.05) is 7.11 Å². The number of carbonyl (C=O) groups excluding carboxylic acids is 4. The SMILES string of the molecule is CC(C)(c1ccc(O)cc1)c1ccc(O)cc1.COc1ccc(C(C)(C)c2ccc(Oc3ccc(C(=O)[C@H]4CCCC[C@@H]4C(=O)c4ccc(C)cc4)cc3)cc2)cc1.O=C(c1ccc(F)cc1)[C@H]1CCCC[C@@H]1C(=O)c1ccc(F)cc1. The van der Waals surface area contributed by atoms with Crippen LogP contribution < -0.4 is 9.47 Å². The lowest BCUT2D eigenvalue weighted by molar-refractivity contribution is 0.0709. The molecular weight excluding hydrogens is 1030 g/mol. The van der Waals surface area contributed by atoms with Crippen LogP contribution in [0.1, 0.15) is 148 Å². The lowest BCUT2D eigenvalue weighted by Crippen LogP contribution is -2.33. The minimum Gasteiger partial charge on any atom is -0.508 e. The molecule has 0 radical (unpaired) electrons. The van der Waals surface area contributed by atoms with Crippen LogP contribution in [0.25, 0.3) is 0 Å². The molecule has 0 aliphatic heterocycles. The number of Topliss-reactive ketones (excluding diaryl/α,β-unsaturated/α-hetero) is 4. The van der Waals surface area contributed by atoms with E-state index in [0.717, 1.165) is 66.7 Å². The van der Waals surface area contributed by atoms with Gasteiger partial charge in [-0.15, -0.1) is 0 Å². The van der Waals surface area contributed by atoms with Crippen LogP contribution in [0.15, 0.2) is 194 Å². The minimum atomic E-state index is -0.401. The Bertz CT molecular complexity index is 3290. The minimum absolute atomic E-state index is 0.0480. The van der Waals surface area contributed by atoms with Crippen molar-refractivity contribution in [3.8, 4) is 28.7 Å². The van der Waals surface area contributed by atoms with E-state index < -0.39 is 23.5 Å². The van der Waals surface area contributed by atoms with Gasteiger partial charge in [0.1, 0.15) is 40.4 Å². The third-order valence-electron chi connectivity index (χ3n) is 16.4. The Labute approximate surface area is 480 Å². The first-order valence-corrected chi connectivity index (χ1v) is 28.2. The Balaban J connectivity index is 0.000000180. The van der Waals surface area contributed by atoms with Gasteiger partial charge in [0.2, 0.25) is 0 Å². The maximum Gasteiger partial charge on any atom is 0.166 e. The van der Waals surface area contributed by atoms with E-state index in [9.17, 15) is 38.2 Å². The van der Waals surface area contributed by atoms with Gasteiger partial charge in [0.05, 0.1) is 7.11 Å². The second-order valence-electron chi connectivity index (χ2n) is 22.6. The van der Waals surface area contributed by atoms with E-state index in [1.807, 2.05) is 104 Å². The molecule has 82 heavy (non-hydrogen) atoms. The van der Waals surface area contributed by atoms with E-state index in [1.165, 1.54) is 59.7 Å². The predicted molar refractivity (Wildman–Crippen MR) is 319 cm³/mol. The number of rotatable bonds is 15. The standard InChI is InChI=1S/C37H38O4.C20H18F2O2.C15H16O2/c1-25-9-11-26(12-10-25)35(38)33-7-5-6-8-34(33)36(39)27-13-19-31(20-14-27)41-32-23-17-29(18-24-32)37(2,3)28-15-21-30(40-4)22-16-28;21-15-9-5-13(6-10-15)19(23)17-3-1-2-4-18(17)20(24)14-7-11-16(22)12-8-14;1-15(2,11-3-7-13(16)8-4-11)12-5-9-14(17)10-6-12/h9-24,33-34H,5-8H2,1-4H3;5-12,17-18H,1-4H2;3-10,16-17H,1-2H3/t33-,34-;17-,18-;/m00./s1. The molecule has 0 heterocycles. The maximum atomic E-state index is 13.6. The quantitative estimate of drug-likeness (QED) is 0.0972. The Morgan fingerprint density at radius 2 is 0.622 bits per heavy atom. The van der Waals surface area contributed by atoms with Crippen LogP contribution >= 0.6 is 0 Å². The number of aryl methyl sites for hydroxylation is 1. The Morgan fingerprint density at radius 1 is 0.378 bits per heavy atom. The highest BCUT2D eigenvalue weighted by molar-refractivity contribution is 6.06. The molecule has 422 valence electrons. The Morgan fingerprint density at radius 3 is 0.915 bits per heavy atom. The van der Waals surface area contributed by atoms with Crippen molar-refractivity contribution in [2.24, 2.45) is 23.7 Å². The molecular formula is C72H72F2O8. The third-order valence-corrected chi connectivity index (χ3v) is 16.4. The summed E-state index contributed by atoms with van der Waals surface area (Å²) in [6.45, 7) is 10.6. The second-order valence-corrected chi connectivity index (χ2v) is 22.6. The van der Waals surface area contributed by atoms with Gasteiger partial charge in [-0.2, -0.15) is 0 Å². The zero-order chi connectivity index (χ0) is 58.6. The summed E-state index contributed by atoms with van der Waals surface area (Å²) >= 11 is 0. The summed E-state index contributed by atoms with van der Waals surface area (Å²) in [4.78, 5) is 52.4. The summed E-state index contributed by atoms with van der Waals surface area (Å²) < 4.78 is 37.5. The molecule has 0 spiro atoms. The fraction of sp³-hybridized carbons (Fsp3) is 0.278. The molecule has 10 heteroatoms. The number of hydrogen-bond acceptors (Lipinski definition) is 8. The van der Waals surface area contributed by atoms with Gasteiger partial charge < -0.3 is 19.7 Å². The van der Waals surface area contributed by atoms with Crippen molar-refractivity contribution in [3.05, 3.63) is 256 Å². The fourth-order valence-corrected chi connectivity index (χ4v) is 11.2. The Hall–Kier alpha value is -8.50. The first kappa shape index (κ1) is 59.6. The zero-order valence-corrected chi connectivity index (χ0v) is 47.5. The smallest absolute Gasteiger partial charge is 0.166 e. The summed E-state index contributed by atoms with van der Waals surface area (Å²) in [5, 5.41) is 18.6. The van der Waals surface area contributed by atoms with E-state index >= 15 is 0 Å². The number of hydrogen-bond donors (Lipinski definition) is 2. The first-order chi connectivity index (χ1) is 39.3. The molecule has 2 aliphatic carbocycles. The lowest BCUT2D eigenvalue weighted by atomic mass is 9.72. The first-order valence-electron chi connectivity index (χ1n) is 28.2. The van der Waals surface area contributed by atoms with Crippen LogP contribution in [0, 0.1) is 42.2 Å². The monoisotopic (exact) mass is 1100 g/mol. The van der Waals surface area contributed by atoms with Gasteiger partial charge >= 0.3 is 0 Å². The molecule has 2 saturated carbocycles. The number of phenols is 2. The summed E-state index contributed by atoms with van der Waals surface area (Å²) in [6, 6.07) is 56.6. The van der Waals surface area contributed by atoms with E-state index in [4.69, 9.17) is 9.47 Å². The van der Waals surface area contributed by atoms with Crippen molar-refractivity contribution in [2.45, 2.75) is 96.8 Å². The highest BCUT2D eigenvalue weighted by atomic mass is 19.1. The molecule has 4 atom stereocenters. The summed E-state index contributed by atoms with van der Waals surface area (Å²) in [5.41, 5.74) is 7.61. The van der Waals surface area contributed by atoms with Crippen LogP contribution in [-0.2, 0) is 10.8 Å². The molecule has 8 nitrogen and oxygen atoms in total. The van der Waals surface area contributed by atoms with Crippen LogP contribution in [-0.4, -0.2) is 40.5 Å². The zero-order valence-electron chi connectivity index (χ0n) is 47.5. The van der Waals surface area contributed by atoms with Crippen molar-refractivity contribution in [1.82, 2.24) is 0 Å². The van der Waals surface area contributed by atoms with Crippen LogP contribution in [0.2, 0.25) is 0 Å². The van der Waals surface area contributed by atoms with Gasteiger partial charge in [-0.05, 0) is 176 Å². The highest BCUT2D eigenvalue weighted by Gasteiger charge is 2.38. The molecule has 2 fully saturated rings. The molecule has 0 aromatic heterocycles.